The molecule has 4 heteroatoms. The van der Waals surface area contributed by atoms with Gasteiger partial charge in [0.2, 0.25) is 0 Å². The zero-order valence-electron chi connectivity index (χ0n) is 11.0. The highest BCUT2D eigenvalue weighted by Gasteiger charge is 2.38. The molecule has 1 heterocycles. The standard InChI is InChI=1S/C15H18O4/c1-18-14(17)7-13-9-15(10-16,11-19-13)8-12-5-3-2-4-6-12/h2-7,16H,8-11H2,1H3/b13-7-. The number of methoxy groups -OCH3 is 1. The van der Waals surface area contributed by atoms with Gasteiger partial charge in [0.05, 0.1) is 26.4 Å². The van der Waals surface area contributed by atoms with Crippen molar-refractivity contribution in [1.82, 2.24) is 0 Å². The summed E-state index contributed by atoms with van der Waals surface area (Å²) in [5.41, 5.74) is 0.806. The van der Waals surface area contributed by atoms with Crippen LogP contribution in [0, 0.1) is 5.41 Å². The van der Waals surface area contributed by atoms with E-state index in [2.05, 4.69) is 4.74 Å². The largest absolute Gasteiger partial charge is 0.497 e. The first-order valence-corrected chi connectivity index (χ1v) is 6.23. The molecule has 1 atom stereocenters. The molecule has 1 aliphatic rings. The number of allylic oxidation sites excluding steroid dienone is 1. The number of hydrogen-bond acceptors (Lipinski definition) is 4. The van der Waals surface area contributed by atoms with Crippen LogP contribution in [0.15, 0.2) is 42.2 Å². The van der Waals surface area contributed by atoms with Gasteiger partial charge in [0.1, 0.15) is 5.76 Å². The van der Waals surface area contributed by atoms with Crippen molar-refractivity contribution in [1.29, 1.82) is 0 Å². The Bertz CT molecular complexity index is 466. The van der Waals surface area contributed by atoms with Crippen molar-refractivity contribution in [3.05, 3.63) is 47.7 Å². The summed E-state index contributed by atoms with van der Waals surface area (Å²) in [5.74, 6) is 0.153. The summed E-state index contributed by atoms with van der Waals surface area (Å²) in [4.78, 5) is 11.2. The Morgan fingerprint density at radius 1 is 1.47 bits per heavy atom. The predicted molar refractivity (Wildman–Crippen MR) is 70.3 cm³/mol. The highest BCUT2D eigenvalue weighted by atomic mass is 16.5. The maximum Gasteiger partial charge on any atom is 0.333 e. The van der Waals surface area contributed by atoms with Gasteiger partial charge in [0, 0.05) is 11.8 Å². The number of hydrogen-bond donors (Lipinski definition) is 1. The van der Waals surface area contributed by atoms with Crippen LogP contribution >= 0.6 is 0 Å². The number of benzene rings is 1. The van der Waals surface area contributed by atoms with Gasteiger partial charge in [-0.25, -0.2) is 4.79 Å². The zero-order valence-corrected chi connectivity index (χ0v) is 11.0. The number of carbonyl (C=O) groups excluding carboxylic acids is 1. The van der Waals surface area contributed by atoms with E-state index in [0.717, 1.165) is 12.0 Å². The smallest absolute Gasteiger partial charge is 0.333 e. The molecule has 0 aliphatic carbocycles. The Hall–Kier alpha value is -1.81. The number of carbonyl (C=O) groups is 1. The molecule has 1 aromatic carbocycles. The monoisotopic (exact) mass is 262 g/mol. The molecular weight excluding hydrogens is 244 g/mol. The topological polar surface area (TPSA) is 55.8 Å². The Labute approximate surface area is 112 Å². The van der Waals surface area contributed by atoms with E-state index >= 15 is 0 Å². The van der Waals surface area contributed by atoms with E-state index in [1.165, 1.54) is 13.2 Å². The van der Waals surface area contributed by atoms with Gasteiger partial charge in [0.15, 0.2) is 0 Å². The van der Waals surface area contributed by atoms with Crippen molar-refractivity contribution in [3.8, 4) is 0 Å². The minimum Gasteiger partial charge on any atom is -0.497 e. The molecule has 19 heavy (non-hydrogen) atoms. The van der Waals surface area contributed by atoms with Crippen LogP contribution in [-0.4, -0.2) is 31.4 Å². The summed E-state index contributed by atoms with van der Waals surface area (Å²) in [7, 11) is 1.33. The maximum atomic E-state index is 11.2. The molecule has 0 radical (unpaired) electrons. The average Bonchev–Trinajstić information content (AvgIpc) is 2.83. The van der Waals surface area contributed by atoms with Crippen LogP contribution in [0.1, 0.15) is 12.0 Å². The molecule has 1 fully saturated rings. The lowest BCUT2D eigenvalue weighted by molar-refractivity contribution is -0.135. The lowest BCUT2D eigenvalue weighted by atomic mass is 9.81. The van der Waals surface area contributed by atoms with Crippen molar-refractivity contribution < 1.29 is 19.4 Å². The number of rotatable bonds is 4. The zero-order chi connectivity index (χ0) is 13.7. The van der Waals surface area contributed by atoms with Gasteiger partial charge in [0.25, 0.3) is 0 Å². The molecule has 2 rings (SSSR count). The summed E-state index contributed by atoms with van der Waals surface area (Å²) in [6, 6.07) is 9.96. The van der Waals surface area contributed by atoms with E-state index in [1.54, 1.807) is 0 Å². The number of ether oxygens (including phenoxy) is 2. The van der Waals surface area contributed by atoms with Gasteiger partial charge in [-0.05, 0) is 12.0 Å². The third kappa shape index (κ3) is 3.35. The first-order valence-electron chi connectivity index (χ1n) is 6.23. The highest BCUT2D eigenvalue weighted by molar-refractivity contribution is 5.82. The second kappa shape index (κ2) is 5.89. The molecule has 0 bridgehead atoms. The molecule has 1 saturated heterocycles. The van der Waals surface area contributed by atoms with Crippen LogP contribution in [-0.2, 0) is 20.7 Å². The van der Waals surface area contributed by atoms with Gasteiger partial charge in [-0.1, -0.05) is 30.3 Å². The average molecular weight is 262 g/mol. The van der Waals surface area contributed by atoms with Crippen molar-refractivity contribution >= 4 is 5.97 Å². The molecule has 1 unspecified atom stereocenters. The van der Waals surface area contributed by atoms with Crippen molar-refractivity contribution in [2.45, 2.75) is 12.8 Å². The second-order valence-electron chi connectivity index (χ2n) is 4.92. The minimum atomic E-state index is -0.427. The summed E-state index contributed by atoms with van der Waals surface area (Å²) in [6.45, 7) is 0.446. The molecule has 102 valence electrons. The summed E-state index contributed by atoms with van der Waals surface area (Å²) in [6.07, 6.45) is 2.62. The number of aliphatic hydroxyl groups excluding tert-OH is 1. The van der Waals surface area contributed by atoms with Gasteiger partial charge in [-0.15, -0.1) is 0 Å². The SMILES string of the molecule is COC(=O)/C=C1/CC(CO)(Cc2ccccc2)CO1. The fourth-order valence-corrected chi connectivity index (χ4v) is 2.30. The maximum absolute atomic E-state index is 11.2. The van der Waals surface area contributed by atoms with Crippen molar-refractivity contribution in [3.63, 3.8) is 0 Å². The van der Waals surface area contributed by atoms with E-state index in [1.807, 2.05) is 30.3 Å². The fraction of sp³-hybridized carbons (Fsp3) is 0.400. The van der Waals surface area contributed by atoms with Gasteiger partial charge in [-0.3, -0.25) is 0 Å². The fourth-order valence-electron chi connectivity index (χ4n) is 2.30. The van der Waals surface area contributed by atoms with Gasteiger partial charge in [-0.2, -0.15) is 0 Å². The van der Waals surface area contributed by atoms with Crippen LogP contribution in [0.2, 0.25) is 0 Å². The molecule has 0 saturated carbocycles. The lowest BCUT2D eigenvalue weighted by Crippen LogP contribution is -2.28. The van der Waals surface area contributed by atoms with Crippen LogP contribution in [0.5, 0.6) is 0 Å². The molecule has 1 aromatic rings. The normalized spacial score (nSPS) is 24.2. The molecule has 1 N–H and O–H groups in total. The van der Waals surface area contributed by atoms with Crippen molar-refractivity contribution in [2.75, 3.05) is 20.3 Å². The Morgan fingerprint density at radius 3 is 2.84 bits per heavy atom. The molecular formula is C15H18O4. The van der Waals surface area contributed by atoms with Crippen LogP contribution in [0.25, 0.3) is 0 Å². The van der Waals surface area contributed by atoms with E-state index < -0.39 is 5.97 Å². The number of aliphatic hydroxyl groups is 1. The van der Waals surface area contributed by atoms with Gasteiger partial charge >= 0.3 is 5.97 Å². The first kappa shape index (κ1) is 13.6. The Morgan fingerprint density at radius 2 is 2.21 bits per heavy atom. The summed E-state index contributed by atoms with van der Waals surface area (Å²) in [5, 5.41) is 9.66. The van der Waals surface area contributed by atoms with E-state index in [0.29, 0.717) is 18.8 Å². The van der Waals surface area contributed by atoms with Crippen LogP contribution in [0.3, 0.4) is 0 Å². The molecule has 4 nitrogen and oxygen atoms in total. The molecule has 1 aliphatic heterocycles. The predicted octanol–water partition coefficient (Wildman–Crippen LogP) is 1.68. The third-order valence-corrected chi connectivity index (χ3v) is 3.35. The van der Waals surface area contributed by atoms with Crippen LogP contribution in [0.4, 0.5) is 0 Å². The van der Waals surface area contributed by atoms with E-state index in [9.17, 15) is 9.90 Å². The number of esters is 1. The molecule has 0 amide bonds. The summed E-state index contributed by atoms with van der Waals surface area (Å²) < 4.78 is 10.1. The Balaban J connectivity index is 2.09. The third-order valence-electron chi connectivity index (χ3n) is 3.35. The van der Waals surface area contributed by atoms with Crippen LogP contribution < -0.4 is 0 Å². The quantitative estimate of drug-likeness (QED) is 0.662. The Kier molecular flexibility index (Phi) is 4.22. The van der Waals surface area contributed by atoms with Crippen molar-refractivity contribution in [2.24, 2.45) is 5.41 Å². The van der Waals surface area contributed by atoms with E-state index in [4.69, 9.17) is 4.74 Å². The minimum absolute atomic E-state index is 0.0282. The second-order valence-corrected chi connectivity index (χ2v) is 4.92. The summed E-state index contributed by atoms with van der Waals surface area (Å²) >= 11 is 0. The van der Waals surface area contributed by atoms with Gasteiger partial charge < -0.3 is 14.6 Å². The highest BCUT2D eigenvalue weighted by Crippen LogP contribution is 2.37. The molecule has 0 aromatic heterocycles. The first-order chi connectivity index (χ1) is 9.17. The van der Waals surface area contributed by atoms with E-state index in [-0.39, 0.29) is 12.0 Å². The molecule has 0 spiro atoms. The lowest BCUT2D eigenvalue weighted by Gasteiger charge is -2.23.